The Kier molecular flexibility index (Phi) is 3.78. The molecule has 1 saturated heterocycles. The van der Waals surface area contributed by atoms with Crippen LogP contribution in [0.15, 0.2) is 17.0 Å². The Morgan fingerprint density at radius 1 is 1.53 bits per heavy atom. The topological polar surface area (TPSA) is 55.6 Å². The summed E-state index contributed by atoms with van der Waals surface area (Å²) in [5.74, 6) is 0.235. The number of rotatable bonds is 3. The number of ether oxygens (including phenoxy) is 1. The van der Waals surface area contributed by atoms with Crippen molar-refractivity contribution in [1.29, 1.82) is 0 Å². The summed E-state index contributed by atoms with van der Waals surface area (Å²) in [6.07, 6.45) is 5.03. The normalized spacial score (nSPS) is 17.7. The number of oxazole rings is 1. The molecule has 1 amide bonds. The van der Waals surface area contributed by atoms with E-state index in [1.54, 1.807) is 4.90 Å². The first kappa shape index (κ1) is 12.1. The van der Waals surface area contributed by atoms with Gasteiger partial charge < -0.3 is 14.1 Å². The van der Waals surface area contributed by atoms with E-state index in [2.05, 4.69) is 4.98 Å². The van der Waals surface area contributed by atoms with Crippen LogP contribution in [0.3, 0.4) is 0 Å². The summed E-state index contributed by atoms with van der Waals surface area (Å²) in [6.45, 7) is 5.51. The van der Waals surface area contributed by atoms with Crippen LogP contribution in [0.5, 0.6) is 0 Å². The van der Waals surface area contributed by atoms with Gasteiger partial charge in [0.2, 0.25) is 5.76 Å². The summed E-state index contributed by atoms with van der Waals surface area (Å²) in [5.41, 5.74) is 0. The van der Waals surface area contributed by atoms with Gasteiger partial charge in [-0.2, -0.15) is 0 Å². The van der Waals surface area contributed by atoms with Crippen molar-refractivity contribution < 1.29 is 13.9 Å². The lowest BCUT2D eigenvalue weighted by atomic mass is 10.1. The monoisotopic (exact) mass is 238 g/mol. The molecule has 0 aliphatic carbocycles. The predicted molar refractivity (Wildman–Crippen MR) is 61.6 cm³/mol. The number of nitrogens with zero attached hydrogens (tertiary/aromatic N) is 2. The third-order valence-corrected chi connectivity index (χ3v) is 2.84. The zero-order valence-electron chi connectivity index (χ0n) is 10.3. The molecule has 2 rings (SSSR count). The number of hydrogen-bond acceptors (Lipinski definition) is 4. The molecule has 0 atom stereocenters. The van der Waals surface area contributed by atoms with Crippen molar-refractivity contribution in [2.75, 3.05) is 13.1 Å². The van der Waals surface area contributed by atoms with Gasteiger partial charge in [-0.15, -0.1) is 0 Å². The van der Waals surface area contributed by atoms with E-state index in [9.17, 15) is 4.79 Å². The third-order valence-electron chi connectivity index (χ3n) is 2.84. The van der Waals surface area contributed by atoms with E-state index >= 15 is 0 Å². The van der Waals surface area contributed by atoms with Gasteiger partial charge in [-0.05, 0) is 26.7 Å². The molecule has 0 unspecified atom stereocenters. The molecule has 0 radical (unpaired) electrons. The van der Waals surface area contributed by atoms with Gasteiger partial charge in [0.25, 0.3) is 5.91 Å². The highest BCUT2D eigenvalue weighted by Gasteiger charge is 2.25. The molecule has 94 valence electrons. The number of carbonyl (C=O) groups excluding carboxylic acids is 1. The molecule has 5 nitrogen and oxygen atoms in total. The Balaban J connectivity index is 1.85. The van der Waals surface area contributed by atoms with Crippen LogP contribution < -0.4 is 0 Å². The summed E-state index contributed by atoms with van der Waals surface area (Å²) in [6, 6.07) is 0. The first-order chi connectivity index (χ1) is 8.16. The van der Waals surface area contributed by atoms with Crippen LogP contribution in [0.2, 0.25) is 0 Å². The van der Waals surface area contributed by atoms with Crippen molar-refractivity contribution in [2.45, 2.75) is 38.9 Å². The molecule has 0 aromatic carbocycles. The molecule has 0 bridgehead atoms. The van der Waals surface area contributed by atoms with Gasteiger partial charge in [0.05, 0.1) is 18.4 Å². The van der Waals surface area contributed by atoms with Crippen molar-refractivity contribution in [2.24, 2.45) is 0 Å². The maximum Gasteiger partial charge on any atom is 0.291 e. The molecule has 5 heteroatoms. The number of aromatic nitrogens is 1. The van der Waals surface area contributed by atoms with E-state index in [-0.39, 0.29) is 18.1 Å². The Morgan fingerprint density at radius 2 is 2.24 bits per heavy atom. The molecule has 1 aliphatic rings. The van der Waals surface area contributed by atoms with E-state index in [1.165, 1.54) is 12.6 Å². The van der Waals surface area contributed by atoms with Crippen molar-refractivity contribution in [3.63, 3.8) is 0 Å². The van der Waals surface area contributed by atoms with Crippen molar-refractivity contribution in [3.05, 3.63) is 18.4 Å². The van der Waals surface area contributed by atoms with Crippen LogP contribution in [-0.4, -0.2) is 41.1 Å². The van der Waals surface area contributed by atoms with Gasteiger partial charge in [-0.25, -0.2) is 4.98 Å². The summed E-state index contributed by atoms with van der Waals surface area (Å²) < 4.78 is 10.7. The number of amides is 1. The second-order valence-corrected chi connectivity index (χ2v) is 4.54. The van der Waals surface area contributed by atoms with E-state index in [0.717, 1.165) is 25.9 Å². The summed E-state index contributed by atoms with van der Waals surface area (Å²) in [4.78, 5) is 17.5. The Labute approximate surface area is 101 Å². The average Bonchev–Trinajstić information content (AvgIpc) is 2.82. The van der Waals surface area contributed by atoms with Gasteiger partial charge >= 0.3 is 0 Å². The van der Waals surface area contributed by atoms with Crippen LogP contribution in [0.4, 0.5) is 0 Å². The average molecular weight is 238 g/mol. The lowest BCUT2D eigenvalue weighted by Crippen LogP contribution is -2.41. The fourth-order valence-corrected chi connectivity index (χ4v) is 2.06. The smallest absolute Gasteiger partial charge is 0.291 e. The van der Waals surface area contributed by atoms with Crippen LogP contribution in [0, 0.1) is 0 Å². The highest BCUT2D eigenvalue weighted by atomic mass is 16.5. The molecular formula is C12H18N2O3. The Bertz CT molecular complexity index is 354. The van der Waals surface area contributed by atoms with Crippen LogP contribution >= 0.6 is 0 Å². The maximum absolute atomic E-state index is 11.9. The molecule has 0 N–H and O–H groups in total. The van der Waals surface area contributed by atoms with Gasteiger partial charge in [0.1, 0.15) is 0 Å². The summed E-state index contributed by atoms with van der Waals surface area (Å²) >= 11 is 0. The molecule has 0 spiro atoms. The lowest BCUT2D eigenvalue weighted by molar-refractivity contribution is -0.0240. The van der Waals surface area contributed by atoms with Gasteiger partial charge in [-0.1, -0.05) is 0 Å². The maximum atomic E-state index is 11.9. The number of likely N-dealkylation sites (tertiary alicyclic amines) is 1. The van der Waals surface area contributed by atoms with E-state index in [1.807, 2.05) is 13.8 Å². The number of piperidine rings is 1. The van der Waals surface area contributed by atoms with E-state index in [4.69, 9.17) is 9.15 Å². The van der Waals surface area contributed by atoms with E-state index < -0.39 is 0 Å². The predicted octanol–water partition coefficient (Wildman–Crippen LogP) is 1.70. The van der Waals surface area contributed by atoms with Crippen molar-refractivity contribution in [3.8, 4) is 0 Å². The molecule has 2 heterocycles. The van der Waals surface area contributed by atoms with Crippen LogP contribution in [-0.2, 0) is 4.74 Å². The minimum absolute atomic E-state index is 0.0782. The second-order valence-electron chi connectivity index (χ2n) is 4.54. The molecule has 0 saturated carbocycles. The quantitative estimate of drug-likeness (QED) is 0.804. The minimum Gasteiger partial charge on any atom is -0.438 e. The fourth-order valence-electron chi connectivity index (χ4n) is 2.06. The third kappa shape index (κ3) is 3.06. The molecule has 1 aromatic heterocycles. The zero-order valence-corrected chi connectivity index (χ0v) is 10.3. The molecule has 1 fully saturated rings. The van der Waals surface area contributed by atoms with Crippen LogP contribution in [0.25, 0.3) is 0 Å². The Morgan fingerprint density at radius 3 is 2.76 bits per heavy atom. The highest BCUT2D eigenvalue weighted by Crippen LogP contribution is 2.17. The van der Waals surface area contributed by atoms with Gasteiger partial charge in [0, 0.05) is 13.1 Å². The standard InChI is InChI=1S/C12H18N2O3/c1-9(2)17-10-3-5-14(6-4-10)12(15)11-7-13-8-16-11/h7-10H,3-6H2,1-2H3. The highest BCUT2D eigenvalue weighted by molar-refractivity contribution is 5.91. The SMILES string of the molecule is CC(C)OC1CCN(C(=O)c2cnco2)CC1. The Hall–Kier alpha value is -1.36. The van der Waals surface area contributed by atoms with Gasteiger partial charge in [0.15, 0.2) is 6.39 Å². The molecule has 1 aromatic rings. The lowest BCUT2D eigenvalue weighted by Gasteiger charge is -2.32. The van der Waals surface area contributed by atoms with Crippen molar-refractivity contribution in [1.82, 2.24) is 9.88 Å². The van der Waals surface area contributed by atoms with Gasteiger partial charge in [-0.3, -0.25) is 4.79 Å². The summed E-state index contributed by atoms with van der Waals surface area (Å²) in [5, 5.41) is 0. The first-order valence-corrected chi connectivity index (χ1v) is 6.00. The molecule has 1 aliphatic heterocycles. The minimum atomic E-state index is -0.0782. The zero-order chi connectivity index (χ0) is 12.3. The van der Waals surface area contributed by atoms with E-state index in [0.29, 0.717) is 5.76 Å². The first-order valence-electron chi connectivity index (χ1n) is 6.00. The summed E-state index contributed by atoms with van der Waals surface area (Å²) in [7, 11) is 0. The molecule has 17 heavy (non-hydrogen) atoms. The number of carbonyl (C=O) groups is 1. The second kappa shape index (κ2) is 5.31. The largest absolute Gasteiger partial charge is 0.438 e. The molecular weight excluding hydrogens is 220 g/mol. The van der Waals surface area contributed by atoms with Crippen molar-refractivity contribution >= 4 is 5.91 Å². The fraction of sp³-hybridized carbons (Fsp3) is 0.667. The number of hydrogen-bond donors (Lipinski definition) is 0. The van der Waals surface area contributed by atoms with Crippen LogP contribution in [0.1, 0.15) is 37.2 Å².